The molecule has 0 saturated heterocycles. The molecule has 2 aromatic carbocycles. The Morgan fingerprint density at radius 2 is 2.00 bits per heavy atom. The second-order valence-electron chi connectivity index (χ2n) is 6.18. The Morgan fingerprint density at radius 3 is 2.76 bits per heavy atom. The van der Waals surface area contributed by atoms with Crippen LogP contribution in [-0.2, 0) is 11.3 Å². The second kappa shape index (κ2) is 8.19. The molecule has 8 nitrogen and oxygen atoms in total. The van der Waals surface area contributed by atoms with E-state index in [1.807, 2.05) is 37.3 Å². The van der Waals surface area contributed by atoms with Crippen molar-refractivity contribution in [2.75, 3.05) is 11.9 Å². The van der Waals surface area contributed by atoms with Crippen LogP contribution in [0.3, 0.4) is 0 Å². The van der Waals surface area contributed by atoms with Crippen LogP contribution >= 0.6 is 11.7 Å². The van der Waals surface area contributed by atoms with E-state index in [9.17, 15) is 9.59 Å². The smallest absolute Gasteiger partial charge is 0.254 e. The first kappa shape index (κ1) is 18.8. The van der Waals surface area contributed by atoms with Gasteiger partial charge < -0.3 is 10.1 Å². The molecule has 4 aromatic rings. The number of nitrogens with one attached hydrogen (secondary N) is 1. The molecule has 0 bridgehead atoms. The van der Waals surface area contributed by atoms with Crippen molar-refractivity contribution in [1.29, 1.82) is 0 Å². The zero-order chi connectivity index (χ0) is 20.2. The number of hydrogen-bond donors (Lipinski definition) is 1. The van der Waals surface area contributed by atoms with Crippen LogP contribution in [-0.4, -0.2) is 30.8 Å². The highest BCUT2D eigenvalue weighted by molar-refractivity contribution is 7.00. The summed E-state index contributed by atoms with van der Waals surface area (Å²) >= 11 is 1.08. The lowest BCUT2D eigenvalue weighted by molar-refractivity contribution is -0.116. The molecule has 0 radical (unpaired) electrons. The molecule has 0 spiro atoms. The van der Waals surface area contributed by atoms with Gasteiger partial charge in [0, 0.05) is 11.6 Å². The van der Waals surface area contributed by atoms with Gasteiger partial charge in [0.2, 0.25) is 5.91 Å². The Hall–Kier alpha value is -3.59. The molecule has 0 unspecified atom stereocenters. The van der Waals surface area contributed by atoms with E-state index < -0.39 is 0 Å². The lowest BCUT2D eigenvalue weighted by Gasteiger charge is -2.09. The van der Waals surface area contributed by atoms with Crippen LogP contribution in [0.1, 0.15) is 6.92 Å². The third kappa shape index (κ3) is 4.14. The van der Waals surface area contributed by atoms with E-state index in [1.165, 1.54) is 17.0 Å². The number of hydrogen-bond acceptors (Lipinski definition) is 7. The van der Waals surface area contributed by atoms with Gasteiger partial charge in [-0.1, -0.05) is 6.07 Å². The van der Waals surface area contributed by atoms with Gasteiger partial charge in [0.05, 0.1) is 36.0 Å². The van der Waals surface area contributed by atoms with E-state index >= 15 is 0 Å². The van der Waals surface area contributed by atoms with Crippen molar-refractivity contribution in [3.8, 4) is 17.0 Å². The van der Waals surface area contributed by atoms with E-state index in [4.69, 9.17) is 4.74 Å². The number of nitrogens with zero attached hydrogens (tertiary/aromatic N) is 4. The minimum atomic E-state index is -0.344. The fraction of sp³-hybridized carbons (Fsp3) is 0.150. The summed E-state index contributed by atoms with van der Waals surface area (Å²) in [5, 5.41) is 2.78. The Bertz CT molecular complexity index is 1220. The number of rotatable bonds is 6. The quantitative estimate of drug-likeness (QED) is 0.528. The van der Waals surface area contributed by atoms with Gasteiger partial charge in [-0.2, -0.15) is 8.75 Å². The molecule has 29 heavy (non-hydrogen) atoms. The first-order valence-corrected chi connectivity index (χ1v) is 9.68. The molecule has 0 atom stereocenters. The lowest BCUT2D eigenvalue weighted by Crippen LogP contribution is -2.27. The predicted molar refractivity (Wildman–Crippen MR) is 111 cm³/mol. The molecular formula is C20H17N5O3S. The minimum Gasteiger partial charge on any atom is -0.494 e. The van der Waals surface area contributed by atoms with E-state index in [1.54, 1.807) is 12.1 Å². The minimum absolute atomic E-state index is 0.149. The summed E-state index contributed by atoms with van der Waals surface area (Å²) < 4.78 is 15.0. The molecule has 4 rings (SSSR count). The number of fused-ring (bicyclic) bond motifs is 1. The summed E-state index contributed by atoms with van der Waals surface area (Å²) in [5.74, 6) is 0.412. The Labute approximate surface area is 170 Å². The number of amides is 1. The summed E-state index contributed by atoms with van der Waals surface area (Å²) in [7, 11) is 0. The molecule has 1 amide bonds. The van der Waals surface area contributed by atoms with Gasteiger partial charge in [0.25, 0.3) is 5.56 Å². The predicted octanol–water partition coefficient (Wildman–Crippen LogP) is 2.95. The van der Waals surface area contributed by atoms with Crippen molar-refractivity contribution < 1.29 is 9.53 Å². The molecule has 2 aromatic heterocycles. The van der Waals surface area contributed by atoms with Crippen molar-refractivity contribution in [2.45, 2.75) is 13.5 Å². The maximum absolute atomic E-state index is 12.4. The molecule has 0 aliphatic heterocycles. The molecule has 2 heterocycles. The lowest BCUT2D eigenvalue weighted by atomic mass is 10.1. The van der Waals surface area contributed by atoms with Crippen molar-refractivity contribution >= 4 is 34.4 Å². The molecule has 0 aliphatic rings. The topological polar surface area (TPSA) is 99.0 Å². The highest BCUT2D eigenvalue weighted by Crippen LogP contribution is 2.21. The van der Waals surface area contributed by atoms with Crippen LogP contribution in [0, 0.1) is 0 Å². The van der Waals surface area contributed by atoms with Crippen LogP contribution in [0.5, 0.6) is 5.75 Å². The normalized spacial score (nSPS) is 10.8. The molecule has 146 valence electrons. The fourth-order valence-electron chi connectivity index (χ4n) is 2.84. The number of carbonyl (C=O) groups is 1. The standard InChI is InChI=1S/C20H17N5O3S/c1-2-28-14-8-6-13(7-9-14)17-10-19(27)25(12-21-17)11-18(26)22-15-4-3-5-16-20(15)24-29-23-16/h3-10,12H,2,11H2,1H3,(H,22,26). The third-order valence-electron chi connectivity index (χ3n) is 4.21. The second-order valence-corrected chi connectivity index (χ2v) is 6.71. The van der Waals surface area contributed by atoms with Crippen molar-refractivity contribution in [3.63, 3.8) is 0 Å². The maximum Gasteiger partial charge on any atom is 0.254 e. The van der Waals surface area contributed by atoms with Crippen LogP contribution in [0.2, 0.25) is 0 Å². The molecule has 9 heteroatoms. The van der Waals surface area contributed by atoms with Gasteiger partial charge in [-0.05, 0) is 43.3 Å². The fourth-order valence-corrected chi connectivity index (χ4v) is 3.39. The van der Waals surface area contributed by atoms with Crippen molar-refractivity contribution in [2.24, 2.45) is 0 Å². The summed E-state index contributed by atoms with van der Waals surface area (Å²) in [4.78, 5) is 29.1. The summed E-state index contributed by atoms with van der Waals surface area (Å²) in [6, 6.07) is 14.1. The first-order valence-electron chi connectivity index (χ1n) is 8.95. The third-order valence-corrected chi connectivity index (χ3v) is 4.76. The van der Waals surface area contributed by atoms with E-state index in [0.717, 1.165) is 23.0 Å². The molecule has 1 N–H and O–H groups in total. The SMILES string of the molecule is CCOc1ccc(-c2cc(=O)n(CC(=O)Nc3cccc4nsnc34)cn2)cc1. The van der Waals surface area contributed by atoms with E-state index in [-0.39, 0.29) is 18.0 Å². The Morgan fingerprint density at radius 1 is 1.17 bits per heavy atom. The van der Waals surface area contributed by atoms with E-state index in [2.05, 4.69) is 19.0 Å². The Kier molecular flexibility index (Phi) is 5.30. The highest BCUT2D eigenvalue weighted by Gasteiger charge is 2.11. The summed E-state index contributed by atoms with van der Waals surface area (Å²) in [6.45, 7) is 2.35. The zero-order valence-electron chi connectivity index (χ0n) is 15.5. The molecule has 0 saturated carbocycles. The molecule has 0 aliphatic carbocycles. The number of benzene rings is 2. The van der Waals surface area contributed by atoms with Crippen LogP contribution < -0.4 is 15.6 Å². The average molecular weight is 407 g/mol. The molecular weight excluding hydrogens is 390 g/mol. The molecule has 0 fully saturated rings. The van der Waals surface area contributed by atoms with E-state index in [0.29, 0.717) is 29.0 Å². The number of carbonyl (C=O) groups excluding carboxylic acids is 1. The first-order chi connectivity index (χ1) is 14.1. The van der Waals surface area contributed by atoms with Gasteiger partial charge in [-0.15, -0.1) is 0 Å². The Balaban J connectivity index is 1.48. The summed E-state index contributed by atoms with van der Waals surface area (Å²) in [5.41, 5.74) is 2.92. The zero-order valence-corrected chi connectivity index (χ0v) is 16.3. The summed E-state index contributed by atoms with van der Waals surface area (Å²) in [6.07, 6.45) is 1.37. The van der Waals surface area contributed by atoms with Gasteiger partial charge in [0.1, 0.15) is 23.3 Å². The van der Waals surface area contributed by atoms with Crippen LogP contribution in [0.4, 0.5) is 5.69 Å². The van der Waals surface area contributed by atoms with Crippen LogP contribution in [0.15, 0.2) is 59.7 Å². The van der Waals surface area contributed by atoms with Gasteiger partial charge in [-0.25, -0.2) is 4.98 Å². The number of ether oxygens (including phenoxy) is 1. The highest BCUT2D eigenvalue weighted by atomic mass is 32.1. The van der Waals surface area contributed by atoms with Crippen molar-refractivity contribution in [3.05, 3.63) is 65.2 Å². The van der Waals surface area contributed by atoms with Crippen LogP contribution in [0.25, 0.3) is 22.3 Å². The largest absolute Gasteiger partial charge is 0.494 e. The van der Waals surface area contributed by atoms with Gasteiger partial charge in [-0.3, -0.25) is 14.2 Å². The van der Waals surface area contributed by atoms with Gasteiger partial charge >= 0.3 is 0 Å². The average Bonchev–Trinajstić information content (AvgIpc) is 3.20. The van der Waals surface area contributed by atoms with Crippen molar-refractivity contribution in [1.82, 2.24) is 18.3 Å². The maximum atomic E-state index is 12.4. The van der Waals surface area contributed by atoms with Gasteiger partial charge in [0.15, 0.2) is 0 Å². The monoisotopic (exact) mass is 407 g/mol. The number of aromatic nitrogens is 4. The number of anilines is 1.